The highest BCUT2D eigenvalue weighted by molar-refractivity contribution is 14.0. The van der Waals surface area contributed by atoms with Gasteiger partial charge in [-0.15, -0.1) is 24.0 Å². The zero-order valence-electron chi connectivity index (χ0n) is 14.0. The summed E-state index contributed by atoms with van der Waals surface area (Å²) in [5, 5.41) is 16.4. The average Bonchev–Trinajstić information content (AvgIpc) is 2.52. The van der Waals surface area contributed by atoms with Crippen molar-refractivity contribution < 1.29 is 18.6 Å². The molecule has 24 heavy (non-hydrogen) atoms. The van der Waals surface area contributed by atoms with Crippen molar-refractivity contribution in [3.8, 4) is 5.75 Å². The van der Waals surface area contributed by atoms with Gasteiger partial charge in [0, 0.05) is 13.1 Å². The zero-order chi connectivity index (χ0) is 17.1. The Labute approximate surface area is 158 Å². The van der Waals surface area contributed by atoms with Crippen molar-refractivity contribution >= 4 is 29.9 Å². The lowest BCUT2D eigenvalue weighted by molar-refractivity contribution is -0.0498. The predicted octanol–water partition coefficient (Wildman–Crippen LogP) is 3.29. The van der Waals surface area contributed by atoms with E-state index >= 15 is 0 Å². The molecule has 0 amide bonds. The molecule has 138 valence electrons. The van der Waals surface area contributed by atoms with Crippen LogP contribution in [-0.2, 0) is 0 Å². The van der Waals surface area contributed by atoms with Crippen LogP contribution in [0.5, 0.6) is 5.75 Å². The minimum absolute atomic E-state index is 0. The van der Waals surface area contributed by atoms with Gasteiger partial charge in [0.15, 0.2) is 5.96 Å². The molecule has 5 nitrogen and oxygen atoms in total. The van der Waals surface area contributed by atoms with Crippen molar-refractivity contribution in [3.63, 3.8) is 0 Å². The average molecular weight is 457 g/mol. The van der Waals surface area contributed by atoms with E-state index in [4.69, 9.17) is 0 Å². The van der Waals surface area contributed by atoms with Gasteiger partial charge in [-0.3, -0.25) is 4.99 Å². The summed E-state index contributed by atoms with van der Waals surface area (Å²) in [5.74, 6) is 0.715. The Morgan fingerprint density at radius 2 is 1.88 bits per heavy atom. The van der Waals surface area contributed by atoms with Crippen LogP contribution in [0.25, 0.3) is 0 Å². The quantitative estimate of drug-likeness (QED) is 0.231. The van der Waals surface area contributed by atoms with Crippen LogP contribution in [0.15, 0.2) is 29.3 Å². The van der Waals surface area contributed by atoms with Crippen LogP contribution in [0.2, 0.25) is 0 Å². The fourth-order valence-electron chi connectivity index (χ4n) is 1.88. The van der Waals surface area contributed by atoms with E-state index in [1.165, 1.54) is 12.1 Å². The van der Waals surface area contributed by atoms with Crippen LogP contribution in [0.3, 0.4) is 0 Å². The Morgan fingerprint density at radius 3 is 2.42 bits per heavy atom. The van der Waals surface area contributed by atoms with E-state index < -0.39 is 12.7 Å². The summed E-state index contributed by atoms with van der Waals surface area (Å²) in [6.07, 6.45) is 1.32. The molecule has 1 unspecified atom stereocenters. The normalized spacial score (nSPS) is 12.5. The smallest absolute Gasteiger partial charge is 0.387 e. The number of aliphatic hydroxyl groups excluding tert-OH is 1. The molecule has 0 aliphatic carbocycles. The first kappa shape index (κ1) is 22.8. The molecule has 0 aliphatic heterocycles. The summed E-state index contributed by atoms with van der Waals surface area (Å²) in [5.41, 5.74) is 0.597. The molecule has 0 bridgehead atoms. The Kier molecular flexibility index (Phi) is 12.5. The van der Waals surface area contributed by atoms with Crippen LogP contribution >= 0.6 is 24.0 Å². The molecular formula is C16H26F2IN3O2. The first-order chi connectivity index (χ1) is 11.1. The lowest BCUT2D eigenvalue weighted by Gasteiger charge is -2.13. The number of halogens is 3. The summed E-state index contributed by atoms with van der Waals surface area (Å²) in [6.45, 7) is 2.95. The second kappa shape index (κ2) is 13.2. The molecule has 1 aromatic carbocycles. The highest BCUT2D eigenvalue weighted by Crippen LogP contribution is 2.19. The van der Waals surface area contributed by atoms with E-state index in [2.05, 4.69) is 27.3 Å². The standard InChI is InChI=1S/C16H25F2N3O2.HI/c1-3-5-10-20-16(19-4-2)21-11-14(22)12-6-8-13(9-7-12)23-15(17)18;/h6-9,14-15,22H,3-5,10-11H2,1-2H3,(H2,19,20,21);1H. The topological polar surface area (TPSA) is 65.9 Å². The number of ether oxygens (including phenoxy) is 1. The number of aliphatic hydroxyl groups is 1. The first-order valence-electron chi connectivity index (χ1n) is 7.81. The largest absolute Gasteiger partial charge is 0.435 e. The minimum Gasteiger partial charge on any atom is -0.435 e. The van der Waals surface area contributed by atoms with Crippen LogP contribution < -0.4 is 15.4 Å². The van der Waals surface area contributed by atoms with Gasteiger partial charge in [-0.2, -0.15) is 8.78 Å². The molecule has 3 N–H and O–H groups in total. The second-order valence-corrected chi connectivity index (χ2v) is 4.96. The van der Waals surface area contributed by atoms with Gasteiger partial charge in [-0.1, -0.05) is 25.5 Å². The molecule has 0 radical (unpaired) electrons. The number of benzene rings is 1. The van der Waals surface area contributed by atoms with Crippen molar-refractivity contribution in [1.29, 1.82) is 0 Å². The van der Waals surface area contributed by atoms with E-state index in [1.807, 2.05) is 6.92 Å². The van der Waals surface area contributed by atoms with Crippen molar-refractivity contribution in [3.05, 3.63) is 29.8 Å². The van der Waals surface area contributed by atoms with E-state index in [9.17, 15) is 13.9 Å². The maximum Gasteiger partial charge on any atom is 0.387 e. The number of rotatable bonds is 9. The maximum atomic E-state index is 12.1. The molecule has 8 heteroatoms. The summed E-state index contributed by atoms with van der Waals surface area (Å²) < 4.78 is 28.4. The van der Waals surface area contributed by atoms with Gasteiger partial charge in [0.2, 0.25) is 0 Å². The molecule has 0 spiro atoms. The van der Waals surface area contributed by atoms with Gasteiger partial charge in [0.1, 0.15) is 5.75 Å². The Balaban J connectivity index is 0.00000529. The van der Waals surface area contributed by atoms with Crippen LogP contribution in [0, 0.1) is 0 Å². The van der Waals surface area contributed by atoms with Crippen LogP contribution in [0.4, 0.5) is 8.78 Å². The third-order valence-electron chi connectivity index (χ3n) is 3.08. The minimum atomic E-state index is -2.85. The van der Waals surface area contributed by atoms with Crippen molar-refractivity contribution in [2.45, 2.75) is 39.4 Å². The second-order valence-electron chi connectivity index (χ2n) is 4.96. The molecule has 0 saturated heterocycles. The maximum absolute atomic E-state index is 12.1. The molecule has 1 atom stereocenters. The molecule has 0 aliphatic rings. The fraction of sp³-hybridized carbons (Fsp3) is 0.562. The number of nitrogens with zero attached hydrogens (tertiary/aromatic N) is 1. The molecule has 0 fully saturated rings. The summed E-state index contributed by atoms with van der Waals surface area (Å²) >= 11 is 0. The Hall–Kier alpha value is -1.16. The highest BCUT2D eigenvalue weighted by atomic mass is 127. The monoisotopic (exact) mass is 457 g/mol. The van der Waals surface area contributed by atoms with Crippen molar-refractivity contribution in [2.75, 3.05) is 19.6 Å². The number of nitrogens with one attached hydrogen (secondary N) is 2. The number of aliphatic imine (C=N–C) groups is 1. The van der Waals surface area contributed by atoms with Gasteiger partial charge >= 0.3 is 6.61 Å². The van der Waals surface area contributed by atoms with Gasteiger partial charge < -0.3 is 20.5 Å². The number of unbranched alkanes of at least 4 members (excludes halogenated alkanes) is 1. The number of hydrogen-bond donors (Lipinski definition) is 3. The number of guanidine groups is 1. The van der Waals surface area contributed by atoms with E-state index in [-0.39, 0.29) is 36.3 Å². The van der Waals surface area contributed by atoms with E-state index in [0.29, 0.717) is 11.5 Å². The predicted molar refractivity (Wildman–Crippen MR) is 102 cm³/mol. The Morgan fingerprint density at radius 1 is 1.21 bits per heavy atom. The lowest BCUT2D eigenvalue weighted by Crippen LogP contribution is -2.38. The van der Waals surface area contributed by atoms with E-state index in [1.54, 1.807) is 12.1 Å². The van der Waals surface area contributed by atoms with Gasteiger partial charge in [-0.25, -0.2) is 0 Å². The number of hydrogen-bond acceptors (Lipinski definition) is 3. The first-order valence-corrected chi connectivity index (χ1v) is 7.81. The summed E-state index contributed by atoms with van der Waals surface area (Å²) in [7, 11) is 0. The highest BCUT2D eigenvalue weighted by Gasteiger charge is 2.09. The SMILES string of the molecule is CCCCNC(=NCC(O)c1ccc(OC(F)F)cc1)NCC.I. The van der Waals surface area contributed by atoms with Gasteiger partial charge in [-0.05, 0) is 31.0 Å². The molecular weight excluding hydrogens is 431 g/mol. The fourth-order valence-corrected chi connectivity index (χ4v) is 1.88. The van der Waals surface area contributed by atoms with Crippen LogP contribution in [-0.4, -0.2) is 37.3 Å². The lowest BCUT2D eigenvalue weighted by atomic mass is 10.1. The van der Waals surface area contributed by atoms with E-state index in [0.717, 1.165) is 25.9 Å². The van der Waals surface area contributed by atoms with Gasteiger partial charge in [0.05, 0.1) is 12.6 Å². The number of alkyl halides is 2. The summed E-state index contributed by atoms with van der Waals surface area (Å²) in [4.78, 5) is 4.33. The Bertz CT molecular complexity index is 473. The molecule has 0 aromatic heterocycles. The molecule has 1 aromatic rings. The zero-order valence-corrected chi connectivity index (χ0v) is 16.3. The van der Waals surface area contributed by atoms with Gasteiger partial charge in [0.25, 0.3) is 0 Å². The van der Waals surface area contributed by atoms with Crippen molar-refractivity contribution in [1.82, 2.24) is 10.6 Å². The third-order valence-corrected chi connectivity index (χ3v) is 3.08. The third kappa shape index (κ3) is 9.21. The summed E-state index contributed by atoms with van der Waals surface area (Å²) in [6, 6.07) is 5.91. The van der Waals surface area contributed by atoms with Crippen molar-refractivity contribution in [2.24, 2.45) is 4.99 Å². The molecule has 0 heterocycles. The van der Waals surface area contributed by atoms with Crippen LogP contribution in [0.1, 0.15) is 38.4 Å². The molecule has 1 rings (SSSR count). The molecule has 0 saturated carbocycles.